The van der Waals surface area contributed by atoms with Crippen LogP contribution in [-0.2, 0) is 9.63 Å². The van der Waals surface area contributed by atoms with E-state index in [-0.39, 0.29) is 11.9 Å². The topological polar surface area (TPSA) is 50.4 Å². The standard InChI is InChI=1S/C8H16N2O2/c1-2-12-10-8(11)7-5-3-4-6-9-7/h7,9H,2-6H2,1H3,(H,10,11). The number of rotatable bonds is 3. The van der Waals surface area contributed by atoms with Crippen LogP contribution >= 0.6 is 0 Å². The Kier molecular flexibility index (Phi) is 4.04. The van der Waals surface area contributed by atoms with Crippen LogP contribution in [0.3, 0.4) is 0 Å². The van der Waals surface area contributed by atoms with Crippen LogP contribution in [0.15, 0.2) is 0 Å². The van der Waals surface area contributed by atoms with Crippen LogP contribution in [0.4, 0.5) is 0 Å². The lowest BCUT2D eigenvalue weighted by Gasteiger charge is -2.21. The van der Waals surface area contributed by atoms with E-state index in [1.807, 2.05) is 6.92 Å². The van der Waals surface area contributed by atoms with E-state index in [0.29, 0.717) is 6.61 Å². The summed E-state index contributed by atoms with van der Waals surface area (Å²) in [6.07, 6.45) is 3.20. The van der Waals surface area contributed by atoms with Crippen LogP contribution in [0.2, 0.25) is 0 Å². The quantitative estimate of drug-likeness (QED) is 0.598. The molecular formula is C8H16N2O2. The fourth-order valence-corrected chi connectivity index (χ4v) is 1.29. The molecule has 0 spiro atoms. The molecule has 1 saturated heterocycles. The van der Waals surface area contributed by atoms with Gasteiger partial charge in [-0.2, -0.15) is 0 Å². The molecule has 0 radical (unpaired) electrons. The van der Waals surface area contributed by atoms with E-state index in [4.69, 9.17) is 4.84 Å². The SMILES string of the molecule is CCONC(=O)C1CCCCN1. The molecule has 1 aliphatic rings. The Bertz CT molecular complexity index is 144. The minimum Gasteiger partial charge on any atom is -0.306 e. The molecule has 0 bridgehead atoms. The summed E-state index contributed by atoms with van der Waals surface area (Å²) in [6, 6.07) is -0.0506. The molecule has 1 atom stereocenters. The fourth-order valence-electron chi connectivity index (χ4n) is 1.29. The Morgan fingerprint density at radius 1 is 1.67 bits per heavy atom. The summed E-state index contributed by atoms with van der Waals surface area (Å²) < 4.78 is 0. The van der Waals surface area contributed by atoms with Gasteiger partial charge in [0.05, 0.1) is 12.6 Å². The summed E-state index contributed by atoms with van der Waals surface area (Å²) in [7, 11) is 0. The second kappa shape index (κ2) is 5.11. The molecule has 1 fully saturated rings. The van der Waals surface area contributed by atoms with E-state index in [2.05, 4.69) is 10.8 Å². The van der Waals surface area contributed by atoms with Crippen molar-refractivity contribution >= 4 is 5.91 Å². The van der Waals surface area contributed by atoms with E-state index >= 15 is 0 Å². The Morgan fingerprint density at radius 3 is 3.08 bits per heavy atom. The van der Waals surface area contributed by atoms with Gasteiger partial charge < -0.3 is 5.32 Å². The summed E-state index contributed by atoms with van der Waals surface area (Å²) in [5.41, 5.74) is 2.40. The highest BCUT2D eigenvalue weighted by Gasteiger charge is 2.19. The molecule has 2 N–H and O–H groups in total. The molecule has 1 unspecified atom stereocenters. The van der Waals surface area contributed by atoms with Gasteiger partial charge in [-0.05, 0) is 26.3 Å². The summed E-state index contributed by atoms with van der Waals surface area (Å²) in [4.78, 5) is 16.1. The largest absolute Gasteiger partial charge is 0.306 e. The normalized spacial score (nSPS) is 23.6. The summed E-state index contributed by atoms with van der Waals surface area (Å²) in [6.45, 7) is 3.29. The molecule has 4 heteroatoms. The van der Waals surface area contributed by atoms with E-state index in [1.54, 1.807) is 0 Å². The second-order valence-electron chi connectivity index (χ2n) is 2.90. The van der Waals surface area contributed by atoms with Crippen LogP contribution in [0, 0.1) is 0 Å². The lowest BCUT2D eigenvalue weighted by Crippen LogP contribution is -2.46. The highest BCUT2D eigenvalue weighted by molar-refractivity contribution is 5.80. The zero-order valence-corrected chi connectivity index (χ0v) is 7.43. The molecule has 0 saturated carbocycles. The van der Waals surface area contributed by atoms with Crippen molar-refractivity contribution in [3.05, 3.63) is 0 Å². The zero-order valence-electron chi connectivity index (χ0n) is 7.43. The van der Waals surface area contributed by atoms with Gasteiger partial charge in [-0.1, -0.05) is 6.42 Å². The van der Waals surface area contributed by atoms with Crippen molar-refractivity contribution in [3.63, 3.8) is 0 Å². The van der Waals surface area contributed by atoms with Crippen LogP contribution in [0.25, 0.3) is 0 Å². The highest BCUT2D eigenvalue weighted by Crippen LogP contribution is 2.06. The van der Waals surface area contributed by atoms with Crippen molar-refractivity contribution in [1.29, 1.82) is 0 Å². The number of piperidine rings is 1. The minimum absolute atomic E-state index is 0.0449. The zero-order chi connectivity index (χ0) is 8.81. The second-order valence-corrected chi connectivity index (χ2v) is 2.90. The summed E-state index contributed by atoms with van der Waals surface area (Å²) in [5.74, 6) is -0.0449. The molecule has 1 aliphatic heterocycles. The molecule has 0 aromatic rings. The first kappa shape index (κ1) is 9.48. The molecule has 1 amide bonds. The Labute approximate surface area is 72.6 Å². The van der Waals surface area contributed by atoms with Crippen molar-refractivity contribution in [3.8, 4) is 0 Å². The molecule has 0 aromatic heterocycles. The number of amides is 1. The van der Waals surface area contributed by atoms with Crippen LogP contribution in [0.1, 0.15) is 26.2 Å². The lowest BCUT2D eigenvalue weighted by atomic mass is 10.1. The van der Waals surface area contributed by atoms with Crippen LogP contribution in [-0.4, -0.2) is 25.1 Å². The average molecular weight is 172 g/mol. The first-order chi connectivity index (χ1) is 5.84. The predicted octanol–water partition coefficient (Wildman–Crippen LogP) is 0.196. The van der Waals surface area contributed by atoms with Gasteiger partial charge in [0.1, 0.15) is 0 Å². The van der Waals surface area contributed by atoms with Gasteiger partial charge in [-0.25, -0.2) is 5.48 Å². The van der Waals surface area contributed by atoms with E-state index in [9.17, 15) is 4.79 Å². The first-order valence-electron chi connectivity index (χ1n) is 4.49. The summed E-state index contributed by atoms with van der Waals surface area (Å²) in [5, 5.41) is 3.14. The molecular weight excluding hydrogens is 156 g/mol. The molecule has 12 heavy (non-hydrogen) atoms. The third-order valence-corrected chi connectivity index (χ3v) is 1.94. The molecule has 0 aliphatic carbocycles. The highest BCUT2D eigenvalue weighted by atomic mass is 16.6. The number of carbonyl (C=O) groups is 1. The molecule has 1 rings (SSSR count). The number of hydroxylamine groups is 1. The number of hydrogen-bond donors (Lipinski definition) is 2. The monoisotopic (exact) mass is 172 g/mol. The fraction of sp³-hybridized carbons (Fsp3) is 0.875. The van der Waals surface area contributed by atoms with Gasteiger partial charge in [-0.15, -0.1) is 0 Å². The van der Waals surface area contributed by atoms with Crippen molar-refractivity contribution in [2.75, 3.05) is 13.2 Å². The predicted molar refractivity (Wildman–Crippen MR) is 45.4 cm³/mol. The van der Waals surface area contributed by atoms with Gasteiger partial charge in [0.2, 0.25) is 0 Å². The lowest BCUT2D eigenvalue weighted by molar-refractivity contribution is -0.135. The maximum atomic E-state index is 11.3. The smallest absolute Gasteiger partial charge is 0.260 e. The molecule has 1 heterocycles. The number of nitrogens with one attached hydrogen (secondary N) is 2. The van der Waals surface area contributed by atoms with E-state index < -0.39 is 0 Å². The molecule has 4 nitrogen and oxygen atoms in total. The number of hydrogen-bond acceptors (Lipinski definition) is 3. The van der Waals surface area contributed by atoms with Crippen LogP contribution < -0.4 is 10.8 Å². The van der Waals surface area contributed by atoms with E-state index in [1.165, 1.54) is 6.42 Å². The third kappa shape index (κ3) is 2.79. The van der Waals surface area contributed by atoms with Gasteiger partial charge in [0, 0.05) is 0 Å². The van der Waals surface area contributed by atoms with Gasteiger partial charge in [-0.3, -0.25) is 9.63 Å². The molecule has 70 valence electrons. The average Bonchev–Trinajstić information content (AvgIpc) is 2.15. The van der Waals surface area contributed by atoms with E-state index in [0.717, 1.165) is 19.4 Å². The van der Waals surface area contributed by atoms with Gasteiger partial charge >= 0.3 is 0 Å². The van der Waals surface area contributed by atoms with Crippen molar-refractivity contribution in [2.24, 2.45) is 0 Å². The Hall–Kier alpha value is -0.610. The minimum atomic E-state index is -0.0506. The summed E-state index contributed by atoms with van der Waals surface area (Å²) >= 11 is 0. The van der Waals surface area contributed by atoms with Crippen molar-refractivity contribution in [2.45, 2.75) is 32.2 Å². The molecule has 0 aromatic carbocycles. The van der Waals surface area contributed by atoms with Crippen molar-refractivity contribution in [1.82, 2.24) is 10.8 Å². The maximum Gasteiger partial charge on any atom is 0.260 e. The Balaban J connectivity index is 2.20. The maximum absolute atomic E-state index is 11.3. The number of carbonyl (C=O) groups excluding carboxylic acids is 1. The Morgan fingerprint density at radius 2 is 2.50 bits per heavy atom. The van der Waals surface area contributed by atoms with Crippen LogP contribution in [0.5, 0.6) is 0 Å². The van der Waals surface area contributed by atoms with Gasteiger partial charge in [0.15, 0.2) is 0 Å². The van der Waals surface area contributed by atoms with Gasteiger partial charge in [0.25, 0.3) is 5.91 Å². The third-order valence-electron chi connectivity index (χ3n) is 1.94. The first-order valence-corrected chi connectivity index (χ1v) is 4.49. The van der Waals surface area contributed by atoms with Crippen molar-refractivity contribution < 1.29 is 9.63 Å².